The topological polar surface area (TPSA) is 61.3 Å². The maximum Gasteiger partial charge on any atom is 0.134 e. The Labute approximate surface area is 125 Å². The Hall–Kier alpha value is -0.910. The van der Waals surface area contributed by atoms with Crippen LogP contribution in [0.15, 0.2) is 6.07 Å². The van der Waals surface area contributed by atoms with Crippen molar-refractivity contribution in [1.29, 1.82) is 0 Å². The quantitative estimate of drug-likeness (QED) is 0.815. The number of hydrogen-bond acceptors (Lipinski definition) is 5. The van der Waals surface area contributed by atoms with Gasteiger partial charge in [0, 0.05) is 31.7 Å². The third-order valence-electron chi connectivity index (χ3n) is 3.69. The molecular weight excluding hydrogens is 276 g/mol. The molecule has 1 aromatic heterocycles. The molecule has 0 aromatic carbocycles. The van der Waals surface area contributed by atoms with Gasteiger partial charge in [0.05, 0.1) is 6.10 Å². The lowest BCUT2D eigenvalue weighted by molar-refractivity contribution is 0.0962. The maximum atomic E-state index is 9.68. The fraction of sp³-hybridized carbons (Fsp3) is 0.714. The number of anilines is 1. The summed E-state index contributed by atoms with van der Waals surface area (Å²) in [4.78, 5) is 10.7. The summed E-state index contributed by atoms with van der Waals surface area (Å²) in [5.41, 5.74) is 0. The molecule has 0 bridgehead atoms. The Kier molecular flexibility index (Phi) is 5.57. The zero-order chi connectivity index (χ0) is 14.5. The molecule has 1 aliphatic heterocycles. The lowest BCUT2D eigenvalue weighted by atomic mass is 10.0. The van der Waals surface area contributed by atoms with Crippen molar-refractivity contribution in [3.63, 3.8) is 0 Å². The minimum atomic E-state index is -0.206. The van der Waals surface area contributed by atoms with E-state index in [0.29, 0.717) is 17.0 Å². The van der Waals surface area contributed by atoms with Gasteiger partial charge in [0.1, 0.15) is 16.8 Å². The molecule has 1 saturated heterocycles. The Morgan fingerprint density at radius 1 is 1.45 bits per heavy atom. The van der Waals surface area contributed by atoms with Gasteiger partial charge in [-0.15, -0.1) is 0 Å². The van der Waals surface area contributed by atoms with Gasteiger partial charge in [-0.25, -0.2) is 9.97 Å². The lowest BCUT2D eigenvalue weighted by Crippen LogP contribution is -2.42. The van der Waals surface area contributed by atoms with E-state index >= 15 is 0 Å². The number of β-amino-alcohol motifs (C(OH)–C–C–N with tert-alkyl or cyclic N) is 1. The van der Waals surface area contributed by atoms with Gasteiger partial charge >= 0.3 is 0 Å². The monoisotopic (exact) mass is 298 g/mol. The van der Waals surface area contributed by atoms with Crippen LogP contribution in [0.5, 0.6) is 0 Å². The molecule has 0 amide bonds. The number of piperidine rings is 1. The van der Waals surface area contributed by atoms with Crippen molar-refractivity contribution in [2.45, 2.75) is 45.3 Å². The summed E-state index contributed by atoms with van der Waals surface area (Å²) >= 11 is 5.94. The van der Waals surface area contributed by atoms with Crippen LogP contribution in [0.2, 0.25) is 5.15 Å². The van der Waals surface area contributed by atoms with E-state index in [1.54, 1.807) is 6.07 Å². The molecule has 1 atom stereocenters. The predicted octanol–water partition coefficient (Wildman–Crippen LogP) is 2.09. The van der Waals surface area contributed by atoms with E-state index in [4.69, 9.17) is 11.6 Å². The molecule has 20 heavy (non-hydrogen) atoms. The van der Waals surface area contributed by atoms with Gasteiger partial charge in [0.25, 0.3) is 0 Å². The molecule has 6 heteroatoms. The van der Waals surface area contributed by atoms with Crippen LogP contribution in [0, 0.1) is 6.92 Å². The van der Waals surface area contributed by atoms with Gasteiger partial charge in [-0.1, -0.05) is 18.5 Å². The normalized spacial score (nSPS) is 19.0. The third-order valence-corrected chi connectivity index (χ3v) is 3.88. The first kappa shape index (κ1) is 15.5. The molecule has 2 N–H and O–H groups in total. The van der Waals surface area contributed by atoms with Crippen molar-refractivity contribution in [2.75, 3.05) is 25.0 Å². The molecule has 0 unspecified atom stereocenters. The number of nitrogens with zero attached hydrogens (tertiary/aromatic N) is 3. The predicted molar refractivity (Wildman–Crippen MR) is 81.2 cm³/mol. The first-order valence-electron chi connectivity index (χ1n) is 7.25. The molecule has 2 heterocycles. The molecule has 1 aliphatic rings. The number of halogens is 1. The average molecular weight is 299 g/mol. The largest absolute Gasteiger partial charge is 0.392 e. The second-order valence-corrected chi connectivity index (χ2v) is 5.79. The summed E-state index contributed by atoms with van der Waals surface area (Å²) in [5.74, 6) is 1.48. The van der Waals surface area contributed by atoms with E-state index in [1.807, 2.05) is 13.8 Å². The minimum absolute atomic E-state index is 0.206. The molecule has 0 saturated carbocycles. The Balaban J connectivity index is 1.82. The number of rotatable bonds is 5. The lowest BCUT2D eigenvalue weighted by Gasteiger charge is -2.33. The van der Waals surface area contributed by atoms with Crippen LogP contribution in [0.25, 0.3) is 0 Å². The first-order valence-corrected chi connectivity index (χ1v) is 7.62. The Bertz CT molecular complexity index is 415. The molecule has 0 spiro atoms. The van der Waals surface area contributed by atoms with Crippen LogP contribution in [0.1, 0.15) is 32.0 Å². The third kappa shape index (κ3) is 4.58. The van der Waals surface area contributed by atoms with Gasteiger partial charge in [-0.05, 0) is 26.2 Å². The molecule has 1 fully saturated rings. The zero-order valence-electron chi connectivity index (χ0n) is 12.1. The van der Waals surface area contributed by atoms with Crippen LogP contribution in [-0.4, -0.2) is 51.8 Å². The van der Waals surface area contributed by atoms with E-state index < -0.39 is 0 Å². The van der Waals surface area contributed by atoms with Crippen molar-refractivity contribution >= 4 is 17.4 Å². The fourth-order valence-electron chi connectivity index (χ4n) is 2.50. The Morgan fingerprint density at radius 2 is 2.15 bits per heavy atom. The first-order chi connectivity index (χ1) is 9.56. The Morgan fingerprint density at radius 3 is 2.75 bits per heavy atom. The highest BCUT2D eigenvalue weighted by atomic mass is 35.5. The van der Waals surface area contributed by atoms with Crippen LogP contribution >= 0.6 is 11.6 Å². The van der Waals surface area contributed by atoms with E-state index in [9.17, 15) is 5.11 Å². The standard InChI is InChI=1S/C14H23ClN4O/c1-3-12(20)9-19-6-4-11(5-7-19)18-14-8-13(15)16-10(2)17-14/h8,11-12,20H,3-7,9H2,1-2H3,(H,16,17,18)/t12-/m1/s1. The average Bonchev–Trinajstić information content (AvgIpc) is 2.39. The molecular formula is C14H23ClN4O. The maximum absolute atomic E-state index is 9.68. The molecule has 1 aromatic rings. The molecule has 2 rings (SSSR count). The second kappa shape index (κ2) is 7.20. The highest BCUT2D eigenvalue weighted by Crippen LogP contribution is 2.17. The highest BCUT2D eigenvalue weighted by Gasteiger charge is 2.20. The van der Waals surface area contributed by atoms with Crippen molar-refractivity contribution in [1.82, 2.24) is 14.9 Å². The molecule has 0 radical (unpaired) electrons. The molecule has 5 nitrogen and oxygen atoms in total. The van der Waals surface area contributed by atoms with Crippen molar-refractivity contribution < 1.29 is 5.11 Å². The molecule has 0 aliphatic carbocycles. The van der Waals surface area contributed by atoms with E-state index in [2.05, 4.69) is 20.2 Å². The van der Waals surface area contributed by atoms with Crippen LogP contribution in [-0.2, 0) is 0 Å². The highest BCUT2D eigenvalue weighted by molar-refractivity contribution is 6.29. The second-order valence-electron chi connectivity index (χ2n) is 5.40. The molecule has 112 valence electrons. The zero-order valence-corrected chi connectivity index (χ0v) is 12.9. The smallest absolute Gasteiger partial charge is 0.134 e. The van der Waals surface area contributed by atoms with Gasteiger partial charge in [0.15, 0.2) is 0 Å². The van der Waals surface area contributed by atoms with Crippen molar-refractivity contribution in [3.05, 3.63) is 17.0 Å². The van der Waals surface area contributed by atoms with Crippen LogP contribution in [0.3, 0.4) is 0 Å². The summed E-state index contributed by atoms with van der Waals surface area (Å²) in [6.07, 6.45) is 2.72. The van der Waals surface area contributed by atoms with E-state index in [0.717, 1.165) is 44.7 Å². The summed E-state index contributed by atoms with van der Waals surface area (Å²) in [6.45, 7) is 6.65. The van der Waals surface area contributed by atoms with Gasteiger partial charge in [0.2, 0.25) is 0 Å². The SMILES string of the molecule is CC[C@@H](O)CN1CCC(Nc2cc(Cl)nc(C)n2)CC1. The number of aromatic nitrogens is 2. The van der Waals surface area contributed by atoms with Gasteiger partial charge in [-0.2, -0.15) is 0 Å². The number of hydrogen-bond donors (Lipinski definition) is 2. The summed E-state index contributed by atoms with van der Waals surface area (Å²) in [7, 11) is 0. The number of aliphatic hydroxyl groups excluding tert-OH is 1. The number of aliphatic hydroxyl groups is 1. The van der Waals surface area contributed by atoms with Gasteiger partial charge in [-0.3, -0.25) is 0 Å². The summed E-state index contributed by atoms with van der Waals surface area (Å²) < 4.78 is 0. The number of likely N-dealkylation sites (tertiary alicyclic amines) is 1. The number of nitrogens with one attached hydrogen (secondary N) is 1. The van der Waals surface area contributed by atoms with Crippen LogP contribution in [0.4, 0.5) is 5.82 Å². The van der Waals surface area contributed by atoms with E-state index in [1.165, 1.54) is 0 Å². The van der Waals surface area contributed by atoms with Crippen LogP contribution < -0.4 is 5.32 Å². The van der Waals surface area contributed by atoms with Crippen molar-refractivity contribution in [2.24, 2.45) is 0 Å². The summed E-state index contributed by atoms with van der Waals surface area (Å²) in [6, 6.07) is 2.18. The minimum Gasteiger partial charge on any atom is -0.392 e. The summed E-state index contributed by atoms with van der Waals surface area (Å²) in [5, 5.41) is 13.6. The van der Waals surface area contributed by atoms with E-state index in [-0.39, 0.29) is 6.10 Å². The van der Waals surface area contributed by atoms with Crippen molar-refractivity contribution in [3.8, 4) is 0 Å². The number of aryl methyl sites for hydroxylation is 1. The van der Waals surface area contributed by atoms with Gasteiger partial charge < -0.3 is 15.3 Å². The fourth-order valence-corrected chi connectivity index (χ4v) is 2.73.